The third kappa shape index (κ3) is 3.81. The molecular weight excluding hydrogens is 282 g/mol. The minimum atomic E-state index is -0.840. The highest BCUT2D eigenvalue weighted by Gasteiger charge is 2.38. The summed E-state index contributed by atoms with van der Waals surface area (Å²) in [5.41, 5.74) is 6.25. The van der Waals surface area contributed by atoms with E-state index in [2.05, 4.69) is 25.8 Å². The van der Waals surface area contributed by atoms with E-state index in [1.165, 1.54) is 0 Å². The molecule has 0 bridgehead atoms. The number of anilines is 1. The van der Waals surface area contributed by atoms with Crippen LogP contribution in [0.25, 0.3) is 0 Å². The smallest absolute Gasteiger partial charge is 0.407 e. The predicted molar refractivity (Wildman–Crippen MR) is 84.8 cm³/mol. The van der Waals surface area contributed by atoms with E-state index in [4.69, 9.17) is 10.5 Å². The van der Waals surface area contributed by atoms with E-state index in [0.717, 1.165) is 12.8 Å². The first kappa shape index (κ1) is 16.4. The van der Waals surface area contributed by atoms with Gasteiger partial charge in [-0.3, -0.25) is 0 Å². The second-order valence-electron chi connectivity index (χ2n) is 6.96. The number of pyridine rings is 1. The third-order valence-corrected chi connectivity index (χ3v) is 4.21. The number of amides is 1. The number of aromatic nitrogens is 1. The van der Waals surface area contributed by atoms with Crippen molar-refractivity contribution in [1.82, 2.24) is 9.88 Å². The minimum absolute atomic E-state index is 0.00608. The maximum absolute atomic E-state index is 11.4. The van der Waals surface area contributed by atoms with Gasteiger partial charge in [-0.05, 0) is 36.3 Å². The Morgan fingerprint density at radius 1 is 1.55 bits per heavy atom. The normalized spacial score (nSPS) is 22.4. The molecule has 1 amide bonds. The molecule has 0 spiro atoms. The molecule has 2 rings (SSSR count). The van der Waals surface area contributed by atoms with Crippen LogP contribution in [-0.2, 0) is 0 Å². The van der Waals surface area contributed by atoms with Crippen LogP contribution in [0.15, 0.2) is 18.3 Å². The molecule has 6 nitrogen and oxygen atoms in total. The summed E-state index contributed by atoms with van der Waals surface area (Å²) in [5, 5.41) is 9.37. The first-order valence-corrected chi connectivity index (χ1v) is 7.62. The molecule has 0 aliphatic carbocycles. The number of likely N-dealkylation sites (tertiary alicyclic amines) is 1. The summed E-state index contributed by atoms with van der Waals surface area (Å²) in [6.07, 6.45) is 2.40. The Hall–Kier alpha value is -1.98. The van der Waals surface area contributed by atoms with Gasteiger partial charge in [0.05, 0.1) is 12.3 Å². The fourth-order valence-electron chi connectivity index (χ4n) is 2.96. The van der Waals surface area contributed by atoms with Crippen molar-refractivity contribution in [2.75, 3.05) is 18.9 Å². The van der Waals surface area contributed by atoms with Gasteiger partial charge in [-0.2, -0.15) is 0 Å². The zero-order chi connectivity index (χ0) is 16.3. The van der Waals surface area contributed by atoms with Gasteiger partial charge in [-0.15, -0.1) is 0 Å². The number of rotatable bonds is 3. The van der Waals surface area contributed by atoms with Crippen LogP contribution >= 0.6 is 0 Å². The van der Waals surface area contributed by atoms with Crippen molar-refractivity contribution in [2.45, 2.75) is 39.7 Å². The van der Waals surface area contributed by atoms with Gasteiger partial charge < -0.3 is 20.5 Å². The SMILES string of the molecule is CC(C)(C)C1CC(COc2ncccc2N)CCN1C(=O)O. The molecule has 0 radical (unpaired) electrons. The maximum atomic E-state index is 11.4. The van der Waals surface area contributed by atoms with Crippen molar-refractivity contribution in [3.8, 4) is 5.88 Å². The van der Waals surface area contributed by atoms with Crippen LogP contribution in [0.3, 0.4) is 0 Å². The Labute approximate surface area is 131 Å². The van der Waals surface area contributed by atoms with Gasteiger partial charge in [0.1, 0.15) is 0 Å². The summed E-state index contributed by atoms with van der Waals surface area (Å²) >= 11 is 0. The first-order chi connectivity index (χ1) is 10.3. The number of nitrogen functional groups attached to an aromatic ring is 1. The molecule has 0 saturated carbocycles. The van der Waals surface area contributed by atoms with Crippen molar-refractivity contribution in [3.05, 3.63) is 18.3 Å². The van der Waals surface area contributed by atoms with Crippen LogP contribution in [0.2, 0.25) is 0 Å². The number of hydrogen-bond donors (Lipinski definition) is 2. The van der Waals surface area contributed by atoms with E-state index in [0.29, 0.717) is 30.6 Å². The monoisotopic (exact) mass is 307 g/mol. The van der Waals surface area contributed by atoms with Crippen LogP contribution in [0, 0.1) is 11.3 Å². The van der Waals surface area contributed by atoms with Crippen LogP contribution in [0.5, 0.6) is 5.88 Å². The van der Waals surface area contributed by atoms with Crippen molar-refractivity contribution in [2.24, 2.45) is 11.3 Å². The second kappa shape index (κ2) is 6.42. The van der Waals surface area contributed by atoms with Crippen molar-refractivity contribution < 1.29 is 14.6 Å². The highest BCUT2D eigenvalue weighted by Crippen LogP contribution is 2.35. The maximum Gasteiger partial charge on any atom is 0.407 e. The fraction of sp³-hybridized carbons (Fsp3) is 0.625. The molecule has 3 N–H and O–H groups in total. The number of nitrogens with zero attached hydrogens (tertiary/aromatic N) is 2. The van der Waals surface area contributed by atoms with Gasteiger partial charge in [-0.25, -0.2) is 9.78 Å². The third-order valence-electron chi connectivity index (χ3n) is 4.21. The highest BCUT2D eigenvalue weighted by atomic mass is 16.5. The van der Waals surface area contributed by atoms with E-state index in [1.54, 1.807) is 23.2 Å². The lowest BCUT2D eigenvalue weighted by Gasteiger charge is -2.44. The topological polar surface area (TPSA) is 88.7 Å². The molecule has 1 fully saturated rings. The molecular formula is C16H25N3O3. The van der Waals surface area contributed by atoms with E-state index in [-0.39, 0.29) is 11.5 Å². The number of carbonyl (C=O) groups is 1. The van der Waals surface area contributed by atoms with Gasteiger partial charge in [0.15, 0.2) is 0 Å². The molecule has 2 heterocycles. The fourth-order valence-corrected chi connectivity index (χ4v) is 2.96. The van der Waals surface area contributed by atoms with Gasteiger partial charge in [0, 0.05) is 18.8 Å². The molecule has 1 aliphatic heterocycles. The summed E-state index contributed by atoms with van der Waals surface area (Å²) < 4.78 is 5.73. The average Bonchev–Trinajstić information content (AvgIpc) is 2.45. The summed E-state index contributed by atoms with van der Waals surface area (Å²) in [5.74, 6) is 0.761. The summed E-state index contributed by atoms with van der Waals surface area (Å²) in [4.78, 5) is 17.1. The van der Waals surface area contributed by atoms with Gasteiger partial charge in [-0.1, -0.05) is 20.8 Å². The Kier molecular flexibility index (Phi) is 4.78. The Bertz CT molecular complexity index is 528. The lowest BCUT2D eigenvalue weighted by atomic mass is 9.77. The van der Waals surface area contributed by atoms with E-state index < -0.39 is 6.09 Å². The number of nitrogens with two attached hydrogens (primary N) is 1. The van der Waals surface area contributed by atoms with Crippen molar-refractivity contribution in [3.63, 3.8) is 0 Å². The molecule has 1 saturated heterocycles. The molecule has 2 atom stereocenters. The van der Waals surface area contributed by atoms with Gasteiger partial charge in [0.25, 0.3) is 0 Å². The number of piperidine rings is 1. The van der Waals surface area contributed by atoms with E-state index in [1.807, 2.05) is 0 Å². The van der Waals surface area contributed by atoms with Crippen molar-refractivity contribution >= 4 is 11.8 Å². The lowest BCUT2D eigenvalue weighted by Crippen LogP contribution is -2.52. The first-order valence-electron chi connectivity index (χ1n) is 7.62. The van der Waals surface area contributed by atoms with Gasteiger partial charge in [0.2, 0.25) is 5.88 Å². The minimum Gasteiger partial charge on any atom is -0.476 e. The Balaban J connectivity index is 1.99. The Morgan fingerprint density at radius 2 is 2.27 bits per heavy atom. The number of hydrogen-bond acceptors (Lipinski definition) is 4. The molecule has 22 heavy (non-hydrogen) atoms. The second-order valence-corrected chi connectivity index (χ2v) is 6.96. The lowest BCUT2D eigenvalue weighted by molar-refractivity contribution is 0.0299. The summed E-state index contributed by atoms with van der Waals surface area (Å²) in [6, 6.07) is 3.52. The summed E-state index contributed by atoms with van der Waals surface area (Å²) in [7, 11) is 0. The zero-order valence-corrected chi connectivity index (χ0v) is 13.5. The standard InChI is InChI=1S/C16H25N3O3/c1-16(2,3)13-9-11(6-8-19(13)15(20)21)10-22-14-12(17)5-4-7-18-14/h4-5,7,11,13H,6,8-10,17H2,1-3H3,(H,20,21). The largest absolute Gasteiger partial charge is 0.476 e. The van der Waals surface area contributed by atoms with E-state index in [9.17, 15) is 9.90 Å². The Morgan fingerprint density at radius 3 is 2.86 bits per heavy atom. The summed E-state index contributed by atoms with van der Waals surface area (Å²) in [6.45, 7) is 7.29. The van der Waals surface area contributed by atoms with Crippen LogP contribution in [-0.4, -0.2) is 40.3 Å². The van der Waals surface area contributed by atoms with Crippen LogP contribution < -0.4 is 10.5 Å². The molecule has 1 aromatic heterocycles. The average molecular weight is 307 g/mol. The van der Waals surface area contributed by atoms with Crippen LogP contribution in [0.1, 0.15) is 33.6 Å². The zero-order valence-electron chi connectivity index (χ0n) is 13.5. The van der Waals surface area contributed by atoms with Crippen LogP contribution in [0.4, 0.5) is 10.5 Å². The van der Waals surface area contributed by atoms with E-state index >= 15 is 0 Å². The van der Waals surface area contributed by atoms with Crippen molar-refractivity contribution in [1.29, 1.82) is 0 Å². The van der Waals surface area contributed by atoms with Gasteiger partial charge >= 0.3 is 6.09 Å². The highest BCUT2D eigenvalue weighted by molar-refractivity contribution is 5.65. The number of ether oxygens (including phenoxy) is 1. The molecule has 2 unspecified atom stereocenters. The predicted octanol–water partition coefficient (Wildman–Crippen LogP) is 2.85. The molecule has 6 heteroatoms. The molecule has 1 aliphatic rings. The molecule has 122 valence electrons. The quantitative estimate of drug-likeness (QED) is 0.896. The number of carboxylic acid groups (broad SMARTS) is 1. The molecule has 1 aromatic rings. The molecule has 0 aromatic carbocycles.